The Morgan fingerprint density at radius 3 is 2.86 bits per heavy atom. The average molecular weight is 293 g/mol. The number of carbonyl (C=O) groups excluding carboxylic acids is 2. The van der Waals surface area contributed by atoms with Crippen molar-refractivity contribution in [2.75, 3.05) is 0 Å². The summed E-state index contributed by atoms with van der Waals surface area (Å²) in [7, 11) is 0. The average Bonchev–Trinajstić information content (AvgIpc) is 3.04. The first-order valence-electron chi connectivity index (χ1n) is 6.80. The normalized spacial score (nSPS) is 33.2. The molecule has 1 saturated carbocycles. The largest absolute Gasteiger partial charge is 0.465 e. The number of cyclic esters (lactones) is 1. The summed E-state index contributed by atoms with van der Waals surface area (Å²) in [5.41, 5.74) is 0.788. The third-order valence-electron chi connectivity index (χ3n) is 4.14. The van der Waals surface area contributed by atoms with Crippen LogP contribution in [0.2, 0.25) is 0 Å². The van der Waals surface area contributed by atoms with E-state index in [4.69, 9.17) is 14.6 Å². The van der Waals surface area contributed by atoms with Crippen molar-refractivity contribution in [2.24, 2.45) is 5.92 Å². The maximum absolute atomic E-state index is 12.2. The number of rotatable bonds is 2. The van der Waals surface area contributed by atoms with E-state index in [1.807, 2.05) is 0 Å². The van der Waals surface area contributed by atoms with Crippen molar-refractivity contribution >= 4 is 18.0 Å². The Labute approximate surface area is 120 Å². The molecule has 2 heterocycles. The minimum Gasteiger partial charge on any atom is -0.465 e. The lowest BCUT2D eigenvalue weighted by Crippen LogP contribution is -2.37. The molecule has 0 bridgehead atoms. The fraction of sp³-hybridized carbons (Fsp3) is 0.500. The number of imide groups is 1. The number of hydrogen-bond donors (Lipinski definition) is 1. The van der Waals surface area contributed by atoms with Gasteiger partial charge >= 0.3 is 12.1 Å². The summed E-state index contributed by atoms with van der Waals surface area (Å²) in [5.74, 6) is -1.12. The second-order valence-corrected chi connectivity index (χ2v) is 5.40. The maximum Gasteiger partial charge on any atom is 0.414 e. The molecule has 3 aliphatic rings. The number of fused-ring (bicyclic) bond motifs is 1. The van der Waals surface area contributed by atoms with Gasteiger partial charge in [0.15, 0.2) is 0 Å². The molecule has 1 N–H and O–H groups in total. The molecule has 0 aromatic heterocycles. The Balaban J connectivity index is 1.78. The van der Waals surface area contributed by atoms with Crippen molar-refractivity contribution < 1.29 is 29.0 Å². The highest BCUT2D eigenvalue weighted by Crippen LogP contribution is 2.42. The van der Waals surface area contributed by atoms with Crippen molar-refractivity contribution in [3.05, 3.63) is 23.5 Å². The fourth-order valence-electron chi connectivity index (χ4n) is 3.14. The minimum absolute atomic E-state index is 0.129. The van der Waals surface area contributed by atoms with Crippen LogP contribution < -0.4 is 0 Å². The van der Waals surface area contributed by atoms with Crippen molar-refractivity contribution in [1.29, 1.82) is 0 Å². The van der Waals surface area contributed by atoms with E-state index in [0.29, 0.717) is 17.6 Å². The van der Waals surface area contributed by atoms with E-state index in [-0.39, 0.29) is 12.0 Å². The molecule has 7 heteroatoms. The molecule has 2 amide bonds. The molecule has 0 aromatic rings. The lowest BCUT2D eigenvalue weighted by atomic mass is 9.99. The molecular formula is C14H15NO6. The maximum atomic E-state index is 12.2. The zero-order valence-electron chi connectivity index (χ0n) is 11.4. The van der Waals surface area contributed by atoms with Gasteiger partial charge in [-0.15, -0.1) is 0 Å². The molecule has 0 spiro atoms. The quantitative estimate of drug-likeness (QED) is 0.470. The van der Waals surface area contributed by atoms with Crippen LogP contribution in [0.3, 0.4) is 0 Å². The van der Waals surface area contributed by atoms with E-state index in [9.17, 15) is 14.4 Å². The van der Waals surface area contributed by atoms with Crippen LogP contribution in [0.1, 0.15) is 26.2 Å². The predicted octanol–water partition coefficient (Wildman–Crippen LogP) is 1.41. The van der Waals surface area contributed by atoms with Crippen LogP contribution in [-0.2, 0) is 19.1 Å². The van der Waals surface area contributed by atoms with Crippen LogP contribution in [0.15, 0.2) is 23.5 Å². The van der Waals surface area contributed by atoms with Crippen molar-refractivity contribution in [2.45, 2.75) is 38.5 Å². The topological polar surface area (TPSA) is 93.1 Å². The molecule has 2 aliphatic heterocycles. The highest BCUT2D eigenvalue weighted by Gasteiger charge is 2.49. The van der Waals surface area contributed by atoms with E-state index in [2.05, 4.69) is 0 Å². The number of esters is 1. The predicted molar refractivity (Wildman–Crippen MR) is 68.8 cm³/mol. The van der Waals surface area contributed by atoms with E-state index in [1.165, 1.54) is 12.3 Å². The first kappa shape index (κ1) is 13.7. The minimum atomic E-state index is -1.23. The Bertz CT molecular complexity index is 578. The summed E-state index contributed by atoms with van der Waals surface area (Å²) < 4.78 is 10.2. The van der Waals surface area contributed by atoms with Crippen molar-refractivity contribution in [3.63, 3.8) is 0 Å². The monoisotopic (exact) mass is 293 g/mol. The van der Waals surface area contributed by atoms with Crippen LogP contribution in [0.4, 0.5) is 4.79 Å². The molecular weight excluding hydrogens is 278 g/mol. The summed E-state index contributed by atoms with van der Waals surface area (Å²) in [6.45, 7) is 1.61. The Morgan fingerprint density at radius 1 is 1.48 bits per heavy atom. The lowest BCUT2D eigenvalue weighted by molar-refractivity contribution is -0.152. The number of nitrogens with zero attached hydrogens (tertiary/aromatic N) is 1. The van der Waals surface area contributed by atoms with Gasteiger partial charge in [0, 0.05) is 17.6 Å². The molecule has 21 heavy (non-hydrogen) atoms. The summed E-state index contributed by atoms with van der Waals surface area (Å²) in [6, 6.07) is -0.298. The number of amides is 2. The highest BCUT2D eigenvalue weighted by atomic mass is 16.7. The van der Waals surface area contributed by atoms with Gasteiger partial charge in [-0.1, -0.05) is 6.42 Å². The van der Waals surface area contributed by atoms with E-state index in [0.717, 1.165) is 17.7 Å². The third kappa shape index (κ3) is 2.18. The molecule has 3 rings (SSSR count). The Kier molecular flexibility index (Phi) is 3.19. The van der Waals surface area contributed by atoms with Gasteiger partial charge in [0.2, 0.25) is 0 Å². The molecule has 3 unspecified atom stereocenters. The summed E-state index contributed by atoms with van der Waals surface area (Å²) in [6.07, 6.45) is 2.99. The molecule has 2 fully saturated rings. The second-order valence-electron chi connectivity index (χ2n) is 5.40. The van der Waals surface area contributed by atoms with E-state index >= 15 is 0 Å². The van der Waals surface area contributed by atoms with Gasteiger partial charge in [-0.3, -0.25) is 4.79 Å². The molecule has 1 aliphatic carbocycles. The summed E-state index contributed by atoms with van der Waals surface area (Å²) >= 11 is 0. The molecule has 0 aromatic carbocycles. The van der Waals surface area contributed by atoms with Crippen LogP contribution in [0.5, 0.6) is 0 Å². The lowest BCUT2D eigenvalue weighted by Gasteiger charge is -2.16. The smallest absolute Gasteiger partial charge is 0.414 e. The molecule has 0 radical (unpaired) electrons. The summed E-state index contributed by atoms with van der Waals surface area (Å²) in [5, 5.41) is 9.16. The van der Waals surface area contributed by atoms with Crippen LogP contribution >= 0.6 is 0 Å². The van der Waals surface area contributed by atoms with Gasteiger partial charge in [-0.05, 0) is 19.8 Å². The molecule has 3 atom stereocenters. The number of hydrogen-bond acceptors (Lipinski definition) is 5. The zero-order chi connectivity index (χ0) is 15.1. The van der Waals surface area contributed by atoms with Crippen molar-refractivity contribution in [1.82, 2.24) is 4.90 Å². The molecule has 112 valence electrons. The molecule has 7 nitrogen and oxygen atoms in total. The zero-order valence-corrected chi connectivity index (χ0v) is 11.4. The van der Waals surface area contributed by atoms with Crippen LogP contribution in [-0.4, -0.2) is 40.3 Å². The number of likely N-dealkylation sites (tertiary alicyclic amines) is 1. The second kappa shape index (κ2) is 4.91. The standard InChI is InChI=1S/C14H15NO6/c1-7-5-11(21-13(7)17)20-6-9-8-3-2-4-10(8)15(12(9)16)14(18)19/h5-6,8,10-11H,2-4H2,1H3,(H,18,19)/b9-6+. The van der Waals surface area contributed by atoms with Gasteiger partial charge in [0.1, 0.15) is 0 Å². The number of carboxylic acid groups (broad SMARTS) is 1. The Hall–Kier alpha value is -2.31. The molecule has 1 saturated heterocycles. The van der Waals surface area contributed by atoms with Crippen LogP contribution in [0.25, 0.3) is 0 Å². The van der Waals surface area contributed by atoms with Gasteiger partial charge in [-0.2, -0.15) is 0 Å². The van der Waals surface area contributed by atoms with Gasteiger partial charge in [0.05, 0.1) is 17.9 Å². The van der Waals surface area contributed by atoms with Crippen LogP contribution in [0, 0.1) is 5.92 Å². The fourth-order valence-corrected chi connectivity index (χ4v) is 3.14. The SMILES string of the molecule is CC1=CC(O/C=C2/C(=O)N(C(=O)O)C3CCCC23)OC1=O. The number of carbonyl (C=O) groups is 3. The van der Waals surface area contributed by atoms with E-state index in [1.54, 1.807) is 6.92 Å². The first-order chi connectivity index (χ1) is 9.99. The first-order valence-corrected chi connectivity index (χ1v) is 6.80. The number of ether oxygens (including phenoxy) is 2. The van der Waals surface area contributed by atoms with E-state index < -0.39 is 24.3 Å². The third-order valence-corrected chi connectivity index (χ3v) is 4.14. The van der Waals surface area contributed by atoms with Gasteiger partial charge < -0.3 is 14.6 Å². The summed E-state index contributed by atoms with van der Waals surface area (Å²) in [4.78, 5) is 35.5. The van der Waals surface area contributed by atoms with Crippen molar-refractivity contribution in [3.8, 4) is 0 Å². The Morgan fingerprint density at radius 2 is 2.24 bits per heavy atom. The highest BCUT2D eigenvalue weighted by molar-refractivity contribution is 6.05. The van der Waals surface area contributed by atoms with Gasteiger partial charge in [0.25, 0.3) is 12.2 Å². The van der Waals surface area contributed by atoms with Gasteiger partial charge in [-0.25, -0.2) is 14.5 Å².